The fourth-order valence-electron chi connectivity index (χ4n) is 4.82. The second kappa shape index (κ2) is 11.7. The van der Waals surface area contributed by atoms with Crippen LogP contribution in [0.1, 0.15) is 60.9 Å². The van der Waals surface area contributed by atoms with Crippen molar-refractivity contribution >= 4 is 5.91 Å². The lowest BCUT2D eigenvalue weighted by Gasteiger charge is -2.17. The van der Waals surface area contributed by atoms with E-state index < -0.39 is 5.91 Å². The molecule has 0 spiro atoms. The number of amides is 1. The van der Waals surface area contributed by atoms with Crippen LogP contribution in [-0.4, -0.2) is 5.91 Å². The van der Waals surface area contributed by atoms with Crippen LogP contribution in [0.3, 0.4) is 0 Å². The second-order valence-electron chi connectivity index (χ2n) is 9.65. The standard InChI is InChI=1S/C33H33NO2/c1-4-27-22-29(31-16-13-25(14-18-33(35)34-36)21-32(31)23(2)3)15-17-30(27)28-12-8-11-26(20-28)19-24-9-6-5-7-10-24/h5-13,15-17,20-23H,4,14,18-19H2,1-3H3. The average Bonchev–Trinajstić information content (AvgIpc) is 2.91. The molecule has 182 valence electrons. The van der Waals surface area contributed by atoms with Crippen LogP contribution in [0.2, 0.25) is 0 Å². The van der Waals surface area contributed by atoms with Crippen LogP contribution in [0, 0.1) is 4.91 Å². The van der Waals surface area contributed by atoms with Gasteiger partial charge in [-0.15, -0.1) is 4.91 Å². The van der Waals surface area contributed by atoms with E-state index in [0.29, 0.717) is 12.3 Å². The Morgan fingerprint density at radius 2 is 1.47 bits per heavy atom. The normalized spacial score (nSPS) is 11.0. The second-order valence-corrected chi connectivity index (χ2v) is 9.65. The first-order valence-corrected chi connectivity index (χ1v) is 12.7. The van der Waals surface area contributed by atoms with Gasteiger partial charge in [0.2, 0.25) is 0 Å². The van der Waals surface area contributed by atoms with E-state index in [4.69, 9.17) is 0 Å². The molecule has 0 aromatic heterocycles. The summed E-state index contributed by atoms with van der Waals surface area (Å²) in [6, 6.07) is 32.6. The van der Waals surface area contributed by atoms with Gasteiger partial charge < -0.3 is 0 Å². The first-order valence-electron chi connectivity index (χ1n) is 12.7. The third-order valence-corrected chi connectivity index (χ3v) is 6.75. The number of carbonyl (C=O) groups is 1. The van der Waals surface area contributed by atoms with Crippen molar-refractivity contribution in [1.29, 1.82) is 0 Å². The zero-order chi connectivity index (χ0) is 25.5. The number of nitrogens with zero attached hydrogens (tertiary/aromatic N) is 1. The highest BCUT2D eigenvalue weighted by Crippen LogP contribution is 2.34. The van der Waals surface area contributed by atoms with Gasteiger partial charge in [0.1, 0.15) is 0 Å². The molecule has 36 heavy (non-hydrogen) atoms. The van der Waals surface area contributed by atoms with Crippen LogP contribution < -0.4 is 0 Å². The maximum absolute atomic E-state index is 11.3. The van der Waals surface area contributed by atoms with Gasteiger partial charge in [0.25, 0.3) is 5.91 Å². The molecule has 0 bridgehead atoms. The van der Waals surface area contributed by atoms with Gasteiger partial charge in [-0.05, 0) is 75.3 Å². The molecule has 1 amide bonds. The molecule has 0 saturated carbocycles. The SMILES string of the molecule is CCc1cc(-c2ccc(CCC(=O)N=O)cc2C(C)C)ccc1-c1cccc(Cc2ccccc2)c1. The highest BCUT2D eigenvalue weighted by atomic mass is 16.3. The van der Waals surface area contributed by atoms with Crippen LogP contribution in [0.25, 0.3) is 22.3 Å². The lowest BCUT2D eigenvalue weighted by molar-refractivity contribution is -0.117. The molecule has 0 aliphatic carbocycles. The van der Waals surface area contributed by atoms with Crippen molar-refractivity contribution in [3.05, 3.63) is 124 Å². The van der Waals surface area contributed by atoms with Gasteiger partial charge in [-0.1, -0.05) is 112 Å². The quantitative estimate of drug-likeness (QED) is 0.228. The molecule has 4 rings (SSSR count). The summed E-state index contributed by atoms with van der Waals surface area (Å²) in [5.74, 6) is -0.263. The summed E-state index contributed by atoms with van der Waals surface area (Å²) in [5, 5.41) is 2.52. The first-order chi connectivity index (χ1) is 17.5. The van der Waals surface area contributed by atoms with Crippen molar-refractivity contribution in [3.8, 4) is 22.3 Å². The summed E-state index contributed by atoms with van der Waals surface area (Å²) in [7, 11) is 0. The summed E-state index contributed by atoms with van der Waals surface area (Å²) in [6.07, 6.45) is 2.55. The molecule has 0 unspecified atom stereocenters. The molecule has 3 heteroatoms. The van der Waals surface area contributed by atoms with Gasteiger partial charge in [0.15, 0.2) is 0 Å². The Kier molecular flexibility index (Phi) is 8.22. The lowest BCUT2D eigenvalue weighted by atomic mass is 9.87. The van der Waals surface area contributed by atoms with Gasteiger partial charge >= 0.3 is 0 Å². The Balaban J connectivity index is 1.65. The number of hydrogen-bond acceptors (Lipinski definition) is 2. The van der Waals surface area contributed by atoms with Crippen molar-refractivity contribution in [2.45, 2.75) is 52.4 Å². The zero-order valence-electron chi connectivity index (χ0n) is 21.3. The molecule has 0 saturated heterocycles. The Morgan fingerprint density at radius 3 is 2.19 bits per heavy atom. The van der Waals surface area contributed by atoms with E-state index in [1.54, 1.807) is 0 Å². The Morgan fingerprint density at radius 1 is 0.750 bits per heavy atom. The monoisotopic (exact) mass is 475 g/mol. The molecule has 0 heterocycles. The molecule has 0 aliphatic rings. The predicted molar refractivity (Wildman–Crippen MR) is 149 cm³/mol. The number of aryl methyl sites for hydroxylation is 2. The molecular weight excluding hydrogens is 442 g/mol. The zero-order valence-corrected chi connectivity index (χ0v) is 21.3. The van der Waals surface area contributed by atoms with E-state index >= 15 is 0 Å². The van der Waals surface area contributed by atoms with Crippen molar-refractivity contribution in [1.82, 2.24) is 0 Å². The van der Waals surface area contributed by atoms with Gasteiger partial charge in [-0.2, -0.15) is 0 Å². The Hall–Kier alpha value is -3.85. The van der Waals surface area contributed by atoms with E-state index in [9.17, 15) is 9.70 Å². The van der Waals surface area contributed by atoms with Crippen LogP contribution in [-0.2, 0) is 24.1 Å². The van der Waals surface area contributed by atoms with Crippen molar-refractivity contribution in [2.24, 2.45) is 5.18 Å². The Bertz CT molecular complexity index is 1360. The summed E-state index contributed by atoms with van der Waals surface area (Å²) >= 11 is 0. The number of hydrogen-bond donors (Lipinski definition) is 0. The number of carbonyl (C=O) groups excluding carboxylic acids is 1. The third kappa shape index (κ3) is 6.04. The molecule has 3 nitrogen and oxygen atoms in total. The first kappa shape index (κ1) is 25.2. The van der Waals surface area contributed by atoms with Crippen LogP contribution >= 0.6 is 0 Å². The Labute approximate surface area is 214 Å². The average molecular weight is 476 g/mol. The van der Waals surface area contributed by atoms with Crippen molar-refractivity contribution < 1.29 is 4.79 Å². The summed E-state index contributed by atoms with van der Waals surface area (Å²) in [5.41, 5.74) is 11.2. The minimum absolute atomic E-state index is 0.151. The summed E-state index contributed by atoms with van der Waals surface area (Å²) in [4.78, 5) is 21.8. The van der Waals surface area contributed by atoms with Crippen LogP contribution in [0.5, 0.6) is 0 Å². The van der Waals surface area contributed by atoms with E-state index in [-0.39, 0.29) is 6.42 Å². The topological polar surface area (TPSA) is 46.5 Å². The fourth-order valence-corrected chi connectivity index (χ4v) is 4.82. The van der Waals surface area contributed by atoms with Gasteiger partial charge in [0.05, 0.1) is 0 Å². The van der Waals surface area contributed by atoms with Gasteiger partial charge in [0, 0.05) is 11.6 Å². The van der Waals surface area contributed by atoms with Gasteiger partial charge in [-0.25, -0.2) is 0 Å². The third-order valence-electron chi connectivity index (χ3n) is 6.75. The molecule has 4 aromatic carbocycles. The summed E-state index contributed by atoms with van der Waals surface area (Å²) < 4.78 is 0. The highest BCUT2D eigenvalue weighted by Gasteiger charge is 2.13. The van der Waals surface area contributed by atoms with Crippen LogP contribution in [0.15, 0.2) is 96.2 Å². The number of rotatable bonds is 9. The smallest absolute Gasteiger partial charge is 0.269 e. The van der Waals surface area contributed by atoms with E-state index in [1.165, 1.54) is 44.5 Å². The molecular formula is C33H33NO2. The molecule has 4 aromatic rings. The molecule has 0 fully saturated rings. The lowest BCUT2D eigenvalue weighted by Crippen LogP contribution is -1.99. The largest absolute Gasteiger partial charge is 0.286 e. The van der Waals surface area contributed by atoms with E-state index in [1.807, 2.05) is 0 Å². The molecule has 0 atom stereocenters. The van der Waals surface area contributed by atoms with E-state index in [2.05, 4.69) is 117 Å². The number of nitroso groups, excluding NO2 is 1. The molecule has 0 N–H and O–H groups in total. The molecule has 0 radical (unpaired) electrons. The minimum atomic E-state index is -0.596. The van der Waals surface area contributed by atoms with Crippen molar-refractivity contribution in [2.75, 3.05) is 0 Å². The maximum atomic E-state index is 11.3. The minimum Gasteiger partial charge on any atom is -0.269 e. The predicted octanol–water partition coefficient (Wildman–Crippen LogP) is 8.52. The number of benzene rings is 4. The van der Waals surface area contributed by atoms with Crippen molar-refractivity contribution in [3.63, 3.8) is 0 Å². The molecule has 0 aliphatic heterocycles. The summed E-state index contributed by atoms with van der Waals surface area (Å²) in [6.45, 7) is 6.59. The van der Waals surface area contributed by atoms with E-state index in [0.717, 1.165) is 18.4 Å². The highest BCUT2D eigenvalue weighted by molar-refractivity contribution is 5.77. The maximum Gasteiger partial charge on any atom is 0.286 e. The van der Waals surface area contributed by atoms with Gasteiger partial charge in [-0.3, -0.25) is 4.79 Å². The van der Waals surface area contributed by atoms with Crippen LogP contribution in [0.4, 0.5) is 0 Å². The fraction of sp³-hybridized carbons (Fsp3) is 0.242.